The molecule has 1 aromatic heterocycles. The topological polar surface area (TPSA) is 118 Å². The van der Waals surface area contributed by atoms with Gasteiger partial charge in [0.1, 0.15) is 0 Å². The lowest BCUT2D eigenvalue weighted by Gasteiger charge is -2.11. The van der Waals surface area contributed by atoms with E-state index in [1.807, 2.05) is 0 Å². The Morgan fingerprint density at radius 2 is 1.69 bits per heavy atom. The Labute approximate surface area is 184 Å². The van der Waals surface area contributed by atoms with Crippen molar-refractivity contribution in [2.45, 2.75) is 18.7 Å². The fourth-order valence-corrected chi connectivity index (χ4v) is 3.71. The lowest BCUT2D eigenvalue weighted by Crippen LogP contribution is -2.20. The summed E-state index contributed by atoms with van der Waals surface area (Å²) in [5, 5.41) is 5.12. The number of hydrogen-bond donors (Lipinski definition) is 1. The van der Waals surface area contributed by atoms with Crippen LogP contribution in [0.15, 0.2) is 59.5 Å². The van der Waals surface area contributed by atoms with Crippen LogP contribution in [0.5, 0.6) is 5.75 Å². The number of Topliss-reactive ketones (excluding diaryl/α,β-unsaturated/α-hetero) is 1. The number of carbonyl (C=O) groups excluding carboxylic acids is 2. The van der Waals surface area contributed by atoms with Gasteiger partial charge in [-0.15, -0.1) is 0 Å². The summed E-state index contributed by atoms with van der Waals surface area (Å²) in [4.78, 5) is 24.4. The number of halogens is 1. The van der Waals surface area contributed by atoms with Crippen molar-refractivity contribution in [1.82, 2.24) is 4.57 Å². The van der Waals surface area contributed by atoms with Crippen LogP contribution in [0.3, 0.4) is 0 Å². The summed E-state index contributed by atoms with van der Waals surface area (Å²) in [6.07, 6.45) is 0. The van der Waals surface area contributed by atoms with Gasteiger partial charge in [-0.05, 0) is 56.3 Å². The molecule has 0 saturated heterocycles. The summed E-state index contributed by atoms with van der Waals surface area (Å²) in [6, 6.07) is 13.2. The van der Waals surface area contributed by atoms with Crippen LogP contribution in [0.2, 0.25) is 0 Å². The minimum atomic E-state index is -3.81. The fourth-order valence-electron chi connectivity index (χ4n) is 3.19. The normalized spacial score (nSPS) is 11.2. The number of sulfonamides is 1. The molecule has 2 N–H and O–H groups in total. The van der Waals surface area contributed by atoms with Gasteiger partial charge in [-0.1, -0.05) is 12.1 Å². The average molecular weight is 460 g/mol. The number of aromatic nitrogens is 1. The van der Waals surface area contributed by atoms with Crippen molar-refractivity contribution in [3.05, 3.63) is 77.4 Å². The molecule has 0 radical (unpaired) electrons. The second-order valence-electron chi connectivity index (χ2n) is 6.96. The Kier molecular flexibility index (Phi) is 6.75. The summed E-state index contributed by atoms with van der Waals surface area (Å²) in [6.45, 7) is 2.46. The molecule has 8 nitrogen and oxygen atoms in total. The van der Waals surface area contributed by atoms with Gasteiger partial charge in [-0.25, -0.2) is 22.7 Å². The van der Waals surface area contributed by atoms with Crippen LogP contribution in [0, 0.1) is 19.7 Å². The highest BCUT2D eigenvalue weighted by atomic mass is 32.2. The first-order chi connectivity index (χ1) is 15.1. The lowest BCUT2D eigenvalue weighted by molar-refractivity contribution is -0.144. The maximum atomic E-state index is 13.5. The van der Waals surface area contributed by atoms with Gasteiger partial charge in [0, 0.05) is 22.6 Å². The molecular formula is C22H21FN2O6S. The number of ketones is 1. The number of hydrogen-bond acceptors (Lipinski definition) is 6. The Morgan fingerprint density at radius 1 is 1.03 bits per heavy atom. The van der Waals surface area contributed by atoms with E-state index in [-0.39, 0.29) is 10.6 Å². The molecule has 3 aromatic rings. The zero-order valence-electron chi connectivity index (χ0n) is 17.4. The second-order valence-corrected chi connectivity index (χ2v) is 8.52. The molecule has 0 aliphatic rings. The summed E-state index contributed by atoms with van der Waals surface area (Å²) < 4.78 is 48.2. The van der Waals surface area contributed by atoms with Gasteiger partial charge in [0.2, 0.25) is 15.8 Å². The van der Waals surface area contributed by atoms with Crippen molar-refractivity contribution in [2.75, 3.05) is 13.2 Å². The average Bonchev–Trinajstić information content (AvgIpc) is 3.05. The van der Waals surface area contributed by atoms with Crippen molar-refractivity contribution >= 4 is 21.8 Å². The van der Waals surface area contributed by atoms with Gasteiger partial charge >= 0.3 is 5.97 Å². The standard InChI is InChI=1S/C22H21FN2O6S/c1-14-11-18(15(2)25(14)16-7-9-17(10-8-16)32(24,28)29)20(26)12-31-22(27)13-30-21-6-4-3-5-19(21)23/h3-11H,12-13H2,1-2H3,(H2,24,28,29). The summed E-state index contributed by atoms with van der Waals surface area (Å²) in [5.41, 5.74) is 2.31. The quantitative estimate of drug-likeness (QED) is 0.408. The molecule has 0 saturated carbocycles. The Hall–Kier alpha value is -3.50. The van der Waals surface area contributed by atoms with E-state index in [9.17, 15) is 22.4 Å². The largest absolute Gasteiger partial charge is 0.479 e. The predicted octanol–water partition coefficient (Wildman–Crippen LogP) is 2.69. The molecular weight excluding hydrogens is 439 g/mol. The summed E-state index contributed by atoms with van der Waals surface area (Å²) >= 11 is 0. The first kappa shape index (κ1) is 23.2. The van der Waals surface area contributed by atoms with E-state index in [1.165, 1.54) is 30.3 Å². The fraction of sp³-hybridized carbons (Fsp3) is 0.182. The van der Waals surface area contributed by atoms with E-state index in [0.717, 1.165) is 5.69 Å². The van der Waals surface area contributed by atoms with Gasteiger partial charge in [0.05, 0.1) is 4.90 Å². The highest BCUT2D eigenvalue weighted by molar-refractivity contribution is 7.89. The lowest BCUT2D eigenvalue weighted by atomic mass is 10.1. The third kappa shape index (κ3) is 5.21. The second kappa shape index (κ2) is 9.33. The van der Waals surface area contributed by atoms with Gasteiger partial charge in [-0.2, -0.15) is 0 Å². The van der Waals surface area contributed by atoms with Crippen LogP contribution in [0.1, 0.15) is 21.7 Å². The van der Waals surface area contributed by atoms with Crippen LogP contribution >= 0.6 is 0 Å². The maximum Gasteiger partial charge on any atom is 0.344 e. The number of nitrogens with two attached hydrogens (primary N) is 1. The molecule has 0 aliphatic heterocycles. The van der Waals surface area contributed by atoms with Crippen LogP contribution in [-0.4, -0.2) is 38.0 Å². The van der Waals surface area contributed by atoms with Crippen molar-refractivity contribution in [3.8, 4) is 11.4 Å². The third-order valence-electron chi connectivity index (χ3n) is 4.70. The number of esters is 1. The Bertz CT molecular complexity index is 1270. The molecule has 3 rings (SSSR count). The number of benzene rings is 2. The molecule has 0 aliphatic carbocycles. The number of nitrogens with zero attached hydrogens (tertiary/aromatic N) is 1. The first-order valence-corrected chi connectivity index (χ1v) is 11.0. The SMILES string of the molecule is Cc1cc(C(=O)COC(=O)COc2ccccc2F)c(C)n1-c1ccc(S(N)(=O)=O)cc1. The number of primary sulfonamides is 1. The van der Waals surface area contributed by atoms with E-state index < -0.39 is 40.8 Å². The van der Waals surface area contributed by atoms with E-state index in [0.29, 0.717) is 16.9 Å². The minimum absolute atomic E-state index is 0.0236. The first-order valence-electron chi connectivity index (χ1n) is 9.46. The van der Waals surface area contributed by atoms with Crippen molar-refractivity contribution in [2.24, 2.45) is 5.14 Å². The molecule has 0 spiro atoms. The number of aryl methyl sites for hydroxylation is 1. The maximum absolute atomic E-state index is 13.5. The van der Waals surface area contributed by atoms with Gasteiger partial charge in [0.15, 0.2) is 24.8 Å². The molecule has 0 unspecified atom stereocenters. The highest BCUT2D eigenvalue weighted by Gasteiger charge is 2.19. The predicted molar refractivity (Wildman–Crippen MR) is 114 cm³/mol. The summed E-state index contributed by atoms with van der Waals surface area (Å²) in [7, 11) is -3.81. The zero-order chi connectivity index (χ0) is 23.5. The van der Waals surface area contributed by atoms with Crippen LogP contribution in [0.25, 0.3) is 5.69 Å². The molecule has 0 fully saturated rings. The molecule has 168 valence electrons. The van der Waals surface area contributed by atoms with Crippen molar-refractivity contribution in [1.29, 1.82) is 0 Å². The zero-order valence-corrected chi connectivity index (χ0v) is 18.2. The molecule has 0 amide bonds. The smallest absolute Gasteiger partial charge is 0.344 e. The number of para-hydroxylation sites is 1. The van der Waals surface area contributed by atoms with Crippen molar-refractivity contribution in [3.63, 3.8) is 0 Å². The number of ether oxygens (including phenoxy) is 2. The summed E-state index contributed by atoms with van der Waals surface area (Å²) in [5.74, 6) is -1.94. The van der Waals surface area contributed by atoms with Gasteiger partial charge in [0.25, 0.3) is 0 Å². The van der Waals surface area contributed by atoms with Gasteiger partial charge < -0.3 is 14.0 Å². The van der Waals surface area contributed by atoms with Gasteiger partial charge in [-0.3, -0.25) is 4.79 Å². The van der Waals surface area contributed by atoms with Crippen LogP contribution in [-0.2, 0) is 19.6 Å². The van der Waals surface area contributed by atoms with Crippen LogP contribution in [0.4, 0.5) is 4.39 Å². The number of carbonyl (C=O) groups is 2. The van der Waals surface area contributed by atoms with Crippen molar-refractivity contribution < 1.29 is 31.9 Å². The minimum Gasteiger partial charge on any atom is -0.479 e. The molecule has 0 atom stereocenters. The van der Waals surface area contributed by atoms with E-state index in [2.05, 4.69) is 0 Å². The Balaban J connectivity index is 1.66. The molecule has 2 aromatic carbocycles. The number of rotatable bonds is 8. The van der Waals surface area contributed by atoms with Crippen LogP contribution < -0.4 is 9.88 Å². The third-order valence-corrected chi connectivity index (χ3v) is 5.63. The molecule has 1 heterocycles. The Morgan fingerprint density at radius 3 is 2.31 bits per heavy atom. The highest BCUT2D eigenvalue weighted by Crippen LogP contribution is 2.22. The van der Waals surface area contributed by atoms with E-state index >= 15 is 0 Å². The molecule has 0 bridgehead atoms. The monoisotopic (exact) mass is 460 g/mol. The van der Waals surface area contributed by atoms with E-state index in [4.69, 9.17) is 14.6 Å². The molecule has 32 heavy (non-hydrogen) atoms. The molecule has 10 heteroatoms. The van der Waals surface area contributed by atoms with E-state index in [1.54, 1.807) is 42.7 Å².